The zero-order valence-corrected chi connectivity index (χ0v) is 8.65. The molecule has 1 saturated heterocycles. The molecule has 1 aromatic carbocycles. The molecule has 1 aliphatic heterocycles. The SMILES string of the molecule is Fc1cc(Cl)ccc1CC1CCCN1. The fourth-order valence-corrected chi connectivity index (χ4v) is 2.04. The molecule has 3 heteroatoms. The molecule has 0 radical (unpaired) electrons. The molecule has 1 atom stereocenters. The van der Waals surface area contributed by atoms with E-state index in [4.69, 9.17) is 11.6 Å². The highest BCUT2D eigenvalue weighted by molar-refractivity contribution is 6.30. The normalized spacial score (nSPS) is 21.4. The van der Waals surface area contributed by atoms with Crippen LogP contribution in [0, 0.1) is 5.82 Å². The highest BCUT2D eigenvalue weighted by atomic mass is 35.5. The first-order valence-corrected chi connectivity index (χ1v) is 5.31. The number of hydrogen-bond donors (Lipinski definition) is 1. The molecule has 0 aromatic heterocycles. The molecular weight excluding hydrogens is 201 g/mol. The molecular formula is C11H13ClFN. The molecule has 1 fully saturated rings. The lowest BCUT2D eigenvalue weighted by Gasteiger charge is -2.10. The molecule has 0 aliphatic carbocycles. The van der Waals surface area contributed by atoms with Crippen LogP contribution in [-0.2, 0) is 6.42 Å². The molecule has 0 saturated carbocycles. The summed E-state index contributed by atoms with van der Waals surface area (Å²) in [6, 6.07) is 5.34. The summed E-state index contributed by atoms with van der Waals surface area (Å²) < 4.78 is 13.4. The van der Waals surface area contributed by atoms with Crippen molar-refractivity contribution in [3.05, 3.63) is 34.6 Å². The Labute approximate surface area is 88.3 Å². The van der Waals surface area contributed by atoms with Crippen LogP contribution in [0.15, 0.2) is 18.2 Å². The van der Waals surface area contributed by atoms with E-state index in [0.717, 1.165) is 24.9 Å². The summed E-state index contributed by atoms with van der Waals surface area (Å²) in [6.07, 6.45) is 3.10. The van der Waals surface area contributed by atoms with Crippen molar-refractivity contribution < 1.29 is 4.39 Å². The van der Waals surface area contributed by atoms with E-state index in [0.29, 0.717) is 11.1 Å². The molecule has 1 unspecified atom stereocenters. The topological polar surface area (TPSA) is 12.0 Å². The Hall–Kier alpha value is -0.600. The van der Waals surface area contributed by atoms with Crippen molar-refractivity contribution in [1.82, 2.24) is 5.32 Å². The highest BCUT2D eigenvalue weighted by Gasteiger charge is 2.16. The molecule has 0 spiro atoms. The van der Waals surface area contributed by atoms with Gasteiger partial charge in [0.05, 0.1) is 0 Å². The monoisotopic (exact) mass is 213 g/mol. The third-order valence-corrected chi connectivity index (χ3v) is 2.88. The van der Waals surface area contributed by atoms with Crippen LogP contribution in [0.3, 0.4) is 0 Å². The van der Waals surface area contributed by atoms with E-state index in [1.54, 1.807) is 12.1 Å². The van der Waals surface area contributed by atoms with E-state index in [2.05, 4.69) is 5.32 Å². The predicted molar refractivity (Wildman–Crippen MR) is 56.1 cm³/mol. The Morgan fingerprint density at radius 2 is 2.36 bits per heavy atom. The van der Waals surface area contributed by atoms with Crippen LogP contribution >= 0.6 is 11.6 Å². The van der Waals surface area contributed by atoms with Crippen molar-refractivity contribution in [1.29, 1.82) is 0 Å². The van der Waals surface area contributed by atoms with Gasteiger partial charge in [-0.2, -0.15) is 0 Å². The summed E-state index contributed by atoms with van der Waals surface area (Å²) in [5.41, 5.74) is 0.758. The molecule has 0 amide bonds. The largest absolute Gasteiger partial charge is 0.314 e. The zero-order chi connectivity index (χ0) is 9.97. The van der Waals surface area contributed by atoms with E-state index in [-0.39, 0.29) is 5.82 Å². The maximum Gasteiger partial charge on any atom is 0.127 e. The fourth-order valence-electron chi connectivity index (χ4n) is 1.88. The highest BCUT2D eigenvalue weighted by Crippen LogP contribution is 2.18. The zero-order valence-electron chi connectivity index (χ0n) is 7.89. The van der Waals surface area contributed by atoms with Gasteiger partial charge < -0.3 is 5.32 Å². The Bertz CT molecular complexity index is 321. The van der Waals surface area contributed by atoms with Gasteiger partial charge in [0.1, 0.15) is 5.82 Å². The molecule has 1 aromatic rings. The van der Waals surface area contributed by atoms with Gasteiger partial charge in [-0.25, -0.2) is 4.39 Å². The van der Waals surface area contributed by atoms with Crippen molar-refractivity contribution in [3.8, 4) is 0 Å². The summed E-state index contributed by atoms with van der Waals surface area (Å²) >= 11 is 5.68. The molecule has 1 N–H and O–H groups in total. The van der Waals surface area contributed by atoms with Crippen molar-refractivity contribution in [2.75, 3.05) is 6.54 Å². The van der Waals surface area contributed by atoms with Gasteiger partial charge in [0.25, 0.3) is 0 Å². The first-order valence-electron chi connectivity index (χ1n) is 4.93. The van der Waals surface area contributed by atoms with Crippen LogP contribution in [0.25, 0.3) is 0 Å². The minimum Gasteiger partial charge on any atom is -0.314 e. The molecule has 14 heavy (non-hydrogen) atoms. The van der Waals surface area contributed by atoms with Gasteiger partial charge in [0.15, 0.2) is 0 Å². The second-order valence-corrected chi connectivity index (χ2v) is 4.17. The average molecular weight is 214 g/mol. The van der Waals surface area contributed by atoms with Crippen LogP contribution in [0.4, 0.5) is 4.39 Å². The minimum absolute atomic E-state index is 0.189. The van der Waals surface area contributed by atoms with Gasteiger partial charge in [0, 0.05) is 11.1 Å². The lowest BCUT2D eigenvalue weighted by molar-refractivity contribution is 0.560. The quantitative estimate of drug-likeness (QED) is 0.797. The Kier molecular flexibility index (Phi) is 3.04. The lowest BCUT2D eigenvalue weighted by Crippen LogP contribution is -2.24. The number of rotatable bonds is 2. The van der Waals surface area contributed by atoms with Gasteiger partial charge >= 0.3 is 0 Å². The second kappa shape index (κ2) is 4.28. The molecule has 1 aliphatic rings. The maximum atomic E-state index is 13.4. The molecule has 76 valence electrons. The summed E-state index contributed by atoms with van der Waals surface area (Å²) in [6.45, 7) is 1.06. The summed E-state index contributed by atoms with van der Waals surface area (Å²) in [4.78, 5) is 0. The number of halogens is 2. The Balaban J connectivity index is 2.08. The van der Waals surface area contributed by atoms with Gasteiger partial charge in [-0.15, -0.1) is 0 Å². The standard InChI is InChI=1S/C11H13ClFN/c12-9-4-3-8(11(13)7-9)6-10-2-1-5-14-10/h3-4,7,10,14H,1-2,5-6H2. The first kappa shape index (κ1) is 9.94. The van der Waals surface area contributed by atoms with E-state index in [1.165, 1.54) is 12.5 Å². The van der Waals surface area contributed by atoms with Crippen molar-refractivity contribution in [2.24, 2.45) is 0 Å². The lowest BCUT2D eigenvalue weighted by atomic mass is 10.0. The van der Waals surface area contributed by atoms with Crippen molar-refractivity contribution in [3.63, 3.8) is 0 Å². The molecule has 1 nitrogen and oxygen atoms in total. The van der Waals surface area contributed by atoms with Gasteiger partial charge in [0.2, 0.25) is 0 Å². The van der Waals surface area contributed by atoms with Crippen molar-refractivity contribution in [2.45, 2.75) is 25.3 Å². The summed E-state index contributed by atoms with van der Waals surface area (Å²) in [5.74, 6) is -0.189. The molecule has 0 bridgehead atoms. The third-order valence-electron chi connectivity index (χ3n) is 2.64. The van der Waals surface area contributed by atoms with E-state index in [9.17, 15) is 4.39 Å². The number of nitrogens with one attached hydrogen (secondary N) is 1. The van der Waals surface area contributed by atoms with Gasteiger partial charge in [-0.1, -0.05) is 17.7 Å². The van der Waals surface area contributed by atoms with Gasteiger partial charge in [-0.05, 0) is 43.5 Å². The summed E-state index contributed by atoms with van der Waals surface area (Å²) in [5, 5.41) is 3.81. The van der Waals surface area contributed by atoms with Crippen LogP contribution < -0.4 is 5.32 Å². The Morgan fingerprint density at radius 3 is 3.00 bits per heavy atom. The fraction of sp³-hybridized carbons (Fsp3) is 0.455. The molecule has 1 heterocycles. The number of benzene rings is 1. The van der Waals surface area contributed by atoms with E-state index < -0.39 is 0 Å². The van der Waals surface area contributed by atoms with Gasteiger partial charge in [-0.3, -0.25) is 0 Å². The van der Waals surface area contributed by atoms with Crippen LogP contribution in [0.1, 0.15) is 18.4 Å². The maximum absolute atomic E-state index is 13.4. The minimum atomic E-state index is -0.189. The van der Waals surface area contributed by atoms with Crippen LogP contribution in [0.5, 0.6) is 0 Å². The number of hydrogen-bond acceptors (Lipinski definition) is 1. The Morgan fingerprint density at radius 1 is 1.50 bits per heavy atom. The smallest absolute Gasteiger partial charge is 0.127 e. The van der Waals surface area contributed by atoms with E-state index >= 15 is 0 Å². The van der Waals surface area contributed by atoms with Crippen molar-refractivity contribution >= 4 is 11.6 Å². The predicted octanol–water partition coefficient (Wildman–Crippen LogP) is 2.77. The average Bonchev–Trinajstić information content (AvgIpc) is 2.62. The van der Waals surface area contributed by atoms with E-state index in [1.807, 2.05) is 0 Å². The van der Waals surface area contributed by atoms with Crippen LogP contribution in [-0.4, -0.2) is 12.6 Å². The van der Waals surface area contributed by atoms with Crippen LogP contribution in [0.2, 0.25) is 5.02 Å². The third kappa shape index (κ3) is 2.25. The molecule has 2 rings (SSSR count). The first-order chi connectivity index (χ1) is 6.75. The summed E-state index contributed by atoms with van der Waals surface area (Å²) in [7, 11) is 0. The second-order valence-electron chi connectivity index (χ2n) is 3.73.